The zero-order valence-electron chi connectivity index (χ0n) is 11.3. The van der Waals surface area contributed by atoms with Crippen molar-refractivity contribution in [2.75, 3.05) is 10.7 Å². The van der Waals surface area contributed by atoms with Crippen LogP contribution >= 0.6 is 0 Å². The summed E-state index contributed by atoms with van der Waals surface area (Å²) >= 11 is 0. The molecule has 0 atom stereocenters. The molecule has 0 aliphatic carbocycles. The van der Waals surface area contributed by atoms with Gasteiger partial charge in [0.25, 0.3) is 0 Å². The van der Waals surface area contributed by atoms with E-state index in [1.54, 1.807) is 6.07 Å². The third-order valence-corrected chi connectivity index (χ3v) is 2.73. The maximum Gasteiger partial charge on any atom is 0.213 e. The van der Waals surface area contributed by atoms with E-state index in [1.165, 1.54) is 0 Å². The Morgan fingerprint density at radius 3 is 2.53 bits per heavy atom. The zero-order chi connectivity index (χ0) is 13.8. The summed E-state index contributed by atoms with van der Waals surface area (Å²) in [5.41, 5.74) is 3.42. The van der Waals surface area contributed by atoms with Crippen LogP contribution in [0.5, 0.6) is 0 Å². The molecule has 0 aromatic carbocycles. The molecule has 0 radical (unpaired) electrons. The molecule has 0 aliphatic heterocycles. The molecule has 19 heavy (non-hydrogen) atoms. The van der Waals surface area contributed by atoms with Crippen molar-refractivity contribution in [3.8, 4) is 0 Å². The van der Waals surface area contributed by atoms with E-state index in [4.69, 9.17) is 10.3 Å². The van der Waals surface area contributed by atoms with Crippen molar-refractivity contribution in [3.05, 3.63) is 29.2 Å². The number of aryl methyl sites for hydroxylation is 3. The van der Waals surface area contributed by atoms with Gasteiger partial charge in [-0.1, -0.05) is 6.92 Å². The number of nitrogens with one attached hydrogen (secondary N) is 2. The second-order valence-corrected chi connectivity index (χ2v) is 4.16. The van der Waals surface area contributed by atoms with Gasteiger partial charge in [0.2, 0.25) is 5.89 Å². The molecule has 2 heterocycles. The van der Waals surface area contributed by atoms with Crippen LogP contribution in [0.15, 0.2) is 10.5 Å². The summed E-state index contributed by atoms with van der Waals surface area (Å²) in [4.78, 5) is 12.9. The molecule has 0 spiro atoms. The lowest BCUT2D eigenvalue weighted by atomic mass is 10.4. The first-order valence-corrected chi connectivity index (χ1v) is 6.13. The Balaban J connectivity index is 2.10. The molecule has 102 valence electrons. The summed E-state index contributed by atoms with van der Waals surface area (Å²) < 4.78 is 5.49. The van der Waals surface area contributed by atoms with E-state index < -0.39 is 0 Å². The highest BCUT2D eigenvalue weighted by Gasteiger charge is 2.07. The molecular weight excluding hydrogens is 244 g/mol. The van der Waals surface area contributed by atoms with Gasteiger partial charge in [-0.25, -0.2) is 20.8 Å². The van der Waals surface area contributed by atoms with Gasteiger partial charge in [-0.3, -0.25) is 0 Å². The largest absolute Gasteiger partial charge is 0.444 e. The Labute approximate surface area is 111 Å². The fraction of sp³-hybridized carbons (Fsp3) is 0.417. The molecule has 0 saturated carbocycles. The highest BCUT2D eigenvalue weighted by molar-refractivity contribution is 5.46. The van der Waals surface area contributed by atoms with Crippen LogP contribution in [0.4, 0.5) is 11.6 Å². The van der Waals surface area contributed by atoms with E-state index in [1.807, 2.05) is 20.8 Å². The predicted octanol–water partition coefficient (Wildman–Crippen LogP) is 1.54. The van der Waals surface area contributed by atoms with E-state index in [0.717, 1.165) is 23.7 Å². The molecule has 0 saturated heterocycles. The van der Waals surface area contributed by atoms with Crippen LogP contribution in [0.1, 0.15) is 30.1 Å². The first-order chi connectivity index (χ1) is 9.12. The van der Waals surface area contributed by atoms with Crippen molar-refractivity contribution in [1.29, 1.82) is 0 Å². The molecule has 0 bridgehead atoms. The molecule has 0 unspecified atom stereocenters. The lowest BCUT2D eigenvalue weighted by Crippen LogP contribution is -2.12. The monoisotopic (exact) mass is 262 g/mol. The molecule has 2 aromatic heterocycles. The number of nitrogens with two attached hydrogens (primary N) is 1. The molecule has 4 N–H and O–H groups in total. The average molecular weight is 262 g/mol. The number of oxazole rings is 1. The number of nitrogen functional groups attached to an aromatic ring is 1. The minimum absolute atomic E-state index is 0.471. The van der Waals surface area contributed by atoms with Gasteiger partial charge in [-0.05, 0) is 13.8 Å². The first-order valence-electron chi connectivity index (χ1n) is 6.13. The molecule has 2 aromatic rings. The molecule has 7 nitrogen and oxygen atoms in total. The highest BCUT2D eigenvalue weighted by Crippen LogP contribution is 2.13. The second kappa shape index (κ2) is 5.66. The van der Waals surface area contributed by atoms with E-state index in [0.29, 0.717) is 24.1 Å². The Hall–Kier alpha value is -2.15. The maximum absolute atomic E-state index is 5.49. The minimum atomic E-state index is 0.471. The fourth-order valence-electron chi connectivity index (χ4n) is 1.60. The second-order valence-electron chi connectivity index (χ2n) is 4.16. The summed E-state index contributed by atoms with van der Waals surface area (Å²) in [5.74, 6) is 8.82. The molecule has 0 fully saturated rings. The lowest BCUT2D eigenvalue weighted by Gasteiger charge is -2.07. The SMILES string of the molecule is CCc1nc(NN)cc(NCc2nc(C)c(C)o2)n1. The smallest absolute Gasteiger partial charge is 0.213 e. The Morgan fingerprint density at radius 2 is 1.95 bits per heavy atom. The van der Waals surface area contributed by atoms with Gasteiger partial charge in [0, 0.05) is 12.5 Å². The van der Waals surface area contributed by atoms with Crippen LogP contribution in [-0.4, -0.2) is 15.0 Å². The fourth-order valence-corrected chi connectivity index (χ4v) is 1.60. The van der Waals surface area contributed by atoms with Crippen molar-refractivity contribution in [3.63, 3.8) is 0 Å². The summed E-state index contributed by atoms with van der Waals surface area (Å²) in [6, 6.07) is 1.74. The predicted molar refractivity (Wildman–Crippen MR) is 72.5 cm³/mol. The zero-order valence-corrected chi connectivity index (χ0v) is 11.3. The Bertz CT molecular complexity index is 524. The normalized spacial score (nSPS) is 10.5. The van der Waals surface area contributed by atoms with Gasteiger partial charge in [0.05, 0.1) is 12.2 Å². The average Bonchev–Trinajstić information content (AvgIpc) is 2.75. The highest BCUT2D eigenvalue weighted by atomic mass is 16.4. The van der Waals surface area contributed by atoms with E-state index in [2.05, 4.69) is 25.7 Å². The van der Waals surface area contributed by atoms with Crippen molar-refractivity contribution >= 4 is 11.6 Å². The van der Waals surface area contributed by atoms with Gasteiger partial charge < -0.3 is 15.2 Å². The van der Waals surface area contributed by atoms with Crippen LogP contribution in [0, 0.1) is 13.8 Å². The number of aromatic nitrogens is 3. The maximum atomic E-state index is 5.49. The molecule has 7 heteroatoms. The quantitative estimate of drug-likeness (QED) is 0.555. The summed E-state index contributed by atoms with van der Waals surface area (Å²) in [7, 11) is 0. The summed E-state index contributed by atoms with van der Waals surface area (Å²) in [5, 5.41) is 3.15. The van der Waals surface area contributed by atoms with Crippen LogP contribution in [0.25, 0.3) is 0 Å². The first kappa shape index (κ1) is 13.3. The number of nitrogens with zero attached hydrogens (tertiary/aromatic N) is 3. The van der Waals surface area contributed by atoms with Crippen molar-refractivity contribution in [1.82, 2.24) is 15.0 Å². The number of anilines is 2. The van der Waals surface area contributed by atoms with E-state index in [-0.39, 0.29) is 0 Å². The Kier molecular flexibility index (Phi) is 3.96. The van der Waals surface area contributed by atoms with Crippen LogP contribution in [0.2, 0.25) is 0 Å². The molecular formula is C12H18N6O. The third kappa shape index (κ3) is 3.19. The van der Waals surface area contributed by atoms with Gasteiger partial charge in [0.1, 0.15) is 23.2 Å². The van der Waals surface area contributed by atoms with Crippen molar-refractivity contribution < 1.29 is 4.42 Å². The number of hydrazine groups is 1. The van der Waals surface area contributed by atoms with E-state index in [9.17, 15) is 0 Å². The van der Waals surface area contributed by atoms with E-state index >= 15 is 0 Å². The molecule has 0 amide bonds. The lowest BCUT2D eigenvalue weighted by molar-refractivity contribution is 0.478. The minimum Gasteiger partial charge on any atom is -0.444 e. The number of hydrogen-bond acceptors (Lipinski definition) is 7. The van der Waals surface area contributed by atoms with Crippen molar-refractivity contribution in [2.24, 2.45) is 5.84 Å². The summed E-state index contributed by atoms with van der Waals surface area (Å²) in [6.45, 7) is 6.26. The molecule has 0 aliphatic rings. The van der Waals surface area contributed by atoms with Crippen LogP contribution in [0.3, 0.4) is 0 Å². The van der Waals surface area contributed by atoms with Crippen molar-refractivity contribution in [2.45, 2.75) is 33.7 Å². The standard InChI is InChI=1S/C12H18N6O/c1-4-9-16-10(5-11(17-9)18-13)14-6-12-15-7(2)8(3)19-12/h5H,4,6,13H2,1-3H3,(H2,14,16,17,18). The van der Waals surface area contributed by atoms with Gasteiger partial charge >= 0.3 is 0 Å². The van der Waals surface area contributed by atoms with Gasteiger partial charge in [-0.15, -0.1) is 0 Å². The molecule has 2 rings (SSSR count). The van der Waals surface area contributed by atoms with Gasteiger partial charge in [0.15, 0.2) is 0 Å². The van der Waals surface area contributed by atoms with Crippen LogP contribution in [-0.2, 0) is 13.0 Å². The topological polar surface area (TPSA) is 102 Å². The summed E-state index contributed by atoms with van der Waals surface area (Å²) in [6.07, 6.45) is 0.738. The van der Waals surface area contributed by atoms with Crippen LogP contribution < -0.4 is 16.6 Å². The van der Waals surface area contributed by atoms with Gasteiger partial charge in [-0.2, -0.15) is 0 Å². The third-order valence-electron chi connectivity index (χ3n) is 2.73. The number of rotatable bonds is 5. The Morgan fingerprint density at radius 1 is 1.21 bits per heavy atom. The number of hydrogen-bond donors (Lipinski definition) is 3.